The molecule has 2 rings (SSSR count). The normalized spacial score (nSPS) is 13.2. The second-order valence-electron chi connectivity index (χ2n) is 4.84. The molecule has 1 unspecified atom stereocenters. The number of thiophene rings is 1. The standard InChI is InChI=1S/C14H18N2O2S2/c1-10-7-8-19-14(10)11(2)16-13-5-3-12(4-6-13)9-20(15,17)18/h3-8,11,16H,9H2,1-2H3,(H2,15,17,18). The fraction of sp³-hybridized carbons (Fsp3) is 0.286. The van der Waals surface area contributed by atoms with Crippen LogP contribution in [0, 0.1) is 6.92 Å². The molecule has 1 heterocycles. The highest BCUT2D eigenvalue weighted by atomic mass is 32.2. The number of nitrogens with two attached hydrogens (primary N) is 1. The maximum Gasteiger partial charge on any atom is 0.213 e. The summed E-state index contributed by atoms with van der Waals surface area (Å²) in [6.07, 6.45) is 0. The van der Waals surface area contributed by atoms with E-state index in [0.717, 1.165) is 5.69 Å². The number of hydrogen-bond acceptors (Lipinski definition) is 4. The maximum absolute atomic E-state index is 11.0. The van der Waals surface area contributed by atoms with Gasteiger partial charge in [-0.3, -0.25) is 0 Å². The molecule has 0 amide bonds. The largest absolute Gasteiger partial charge is 0.378 e. The van der Waals surface area contributed by atoms with E-state index in [1.54, 1.807) is 23.5 Å². The van der Waals surface area contributed by atoms with Crippen LogP contribution in [0.4, 0.5) is 5.69 Å². The van der Waals surface area contributed by atoms with Gasteiger partial charge >= 0.3 is 0 Å². The zero-order chi connectivity index (χ0) is 14.8. The Morgan fingerprint density at radius 3 is 2.40 bits per heavy atom. The number of nitrogens with one attached hydrogen (secondary N) is 1. The Labute approximate surface area is 123 Å². The molecule has 20 heavy (non-hydrogen) atoms. The second-order valence-corrected chi connectivity index (χ2v) is 7.40. The molecule has 0 radical (unpaired) electrons. The van der Waals surface area contributed by atoms with Crippen molar-refractivity contribution in [2.45, 2.75) is 25.6 Å². The zero-order valence-electron chi connectivity index (χ0n) is 11.5. The number of aryl methyl sites for hydroxylation is 1. The second kappa shape index (κ2) is 5.95. The smallest absolute Gasteiger partial charge is 0.213 e. The molecule has 0 bridgehead atoms. The number of benzene rings is 1. The molecule has 0 aliphatic rings. The van der Waals surface area contributed by atoms with Crippen LogP contribution in [-0.2, 0) is 15.8 Å². The summed E-state index contributed by atoms with van der Waals surface area (Å²) in [4.78, 5) is 1.30. The van der Waals surface area contributed by atoms with E-state index in [2.05, 4.69) is 30.6 Å². The van der Waals surface area contributed by atoms with E-state index in [4.69, 9.17) is 5.14 Å². The quantitative estimate of drug-likeness (QED) is 0.891. The van der Waals surface area contributed by atoms with Gasteiger partial charge in [0.15, 0.2) is 0 Å². The van der Waals surface area contributed by atoms with Crippen LogP contribution in [0.25, 0.3) is 0 Å². The highest BCUT2D eigenvalue weighted by molar-refractivity contribution is 7.88. The third kappa shape index (κ3) is 4.06. The molecule has 0 saturated heterocycles. The van der Waals surface area contributed by atoms with Crippen LogP contribution in [0.15, 0.2) is 35.7 Å². The van der Waals surface area contributed by atoms with E-state index in [1.165, 1.54) is 10.4 Å². The van der Waals surface area contributed by atoms with Gasteiger partial charge in [0.25, 0.3) is 0 Å². The first-order chi connectivity index (χ1) is 9.35. The predicted octanol–water partition coefficient (Wildman–Crippen LogP) is 3.02. The van der Waals surface area contributed by atoms with Crippen LogP contribution in [-0.4, -0.2) is 8.42 Å². The Balaban J connectivity index is 2.06. The Hall–Kier alpha value is -1.37. The van der Waals surface area contributed by atoms with Crippen molar-refractivity contribution in [2.24, 2.45) is 5.14 Å². The third-order valence-electron chi connectivity index (χ3n) is 3.00. The van der Waals surface area contributed by atoms with E-state index in [0.29, 0.717) is 5.56 Å². The molecule has 108 valence electrons. The first-order valence-electron chi connectivity index (χ1n) is 6.25. The molecule has 0 aliphatic carbocycles. The van der Waals surface area contributed by atoms with Crippen LogP contribution >= 0.6 is 11.3 Å². The van der Waals surface area contributed by atoms with E-state index in [1.807, 2.05) is 12.1 Å². The van der Waals surface area contributed by atoms with E-state index in [9.17, 15) is 8.42 Å². The van der Waals surface area contributed by atoms with Crippen LogP contribution in [0.2, 0.25) is 0 Å². The van der Waals surface area contributed by atoms with Crippen LogP contribution < -0.4 is 10.5 Å². The SMILES string of the molecule is Cc1ccsc1C(C)Nc1ccc(CS(N)(=O)=O)cc1. The van der Waals surface area contributed by atoms with E-state index < -0.39 is 10.0 Å². The lowest BCUT2D eigenvalue weighted by Crippen LogP contribution is -2.14. The van der Waals surface area contributed by atoms with Crippen molar-refractivity contribution in [3.63, 3.8) is 0 Å². The van der Waals surface area contributed by atoms with Gasteiger partial charge in [0.1, 0.15) is 0 Å². The minimum atomic E-state index is -3.47. The van der Waals surface area contributed by atoms with Crippen LogP contribution in [0.3, 0.4) is 0 Å². The molecule has 1 aromatic heterocycles. The molecule has 3 N–H and O–H groups in total. The first-order valence-corrected chi connectivity index (χ1v) is 8.84. The monoisotopic (exact) mass is 310 g/mol. The summed E-state index contributed by atoms with van der Waals surface area (Å²) < 4.78 is 22.0. The lowest BCUT2D eigenvalue weighted by molar-refractivity contribution is 0.597. The molecule has 1 atom stereocenters. The lowest BCUT2D eigenvalue weighted by atomic mass is 10.1. The summed E-state index contributed by atoms with van der Waals surface area (Å²) in [5.74, 6) is -0.132. The maximum atomic E-state index is 11.0. The van der Waals surface area contributed by atoms with Gasteiger partial charge in [0.05, 0.1) is 11.8 Å². The Bertz CT molecular complexity index is 675. The molecule has 1 aromatic carbocycles. The number of rotatable bonds is 5. The number of anilines is 1. The van der Waals surface area contributed by atoms with Crippen molar-refractivity contribution in [1.82, 2.24) is 0 Å². The van der Waals surface area contributed by atoms with Crippen molar-refractivity contribution in [1.29, 1.82) is 0 Å². The summed E-state index contributed by atoms with van der Waals surface area (Å²) in [5.41, 5.74) is 2.93. The van der Waals surface area contributed by atoms with Gasteiger partial charge in [-0.1, -0.05) is 12.1 Å². The number of hydrogen-bond donors (Lipinski definition) is 2. The molecular formula is C14H18N2O2S2. The average Bonchev–Trinajstić information content (AvgIpc) is 2.76. The Morgan fingerprint density at radius 2 is 1.90 bits per heavy atom. The minimum Gasteiger partial charge on any atom is -0.378 e. The first kappa shape index (κ1) is 15.0. The molecular weight excluding hydrogens is 292 g/mol. The predicted molar refractivity (Wildman–Crippen MR) is 84.3 cm³/mol. The van der Waals surface area contributed by atoms with Crippen LogP contribution in [0.1, 0.15) is 29.0 Å². The molecule has 0 saturated carbocycles. The van der Waals surface area contributed by atoms with Crippen molar-refractivity contribution in [3.05, 3.63) is 51.7 Å². The summed E-state index contributed by atoms with van der Waals surface area (Å²) >= 11 is 1.73. The van der Waals surface area contributed by atoms with Crippen molar-refractivity contribution < 1.29 is 8.42 Å². The molecule has 0 spiro atoms. The highest BCUT2D eigenvalue weighted by Gasteiger charge is 2.10. The van der Waals surface area contributed by atoms with Gasteiger partial charge < -0.3 is 5.32 Å². The van der Waals surface area contributed by atoms with Gasteiger partial charge in [0.2, 0.25) is 10.0 Å². The Kier molecular flexibility index (Phi) is 4.47. The Morgan fingerprint density at radius 1 is 1.25 bits per heavy atom. The molecule has 4 nitrogen and oxygen atoms in total. The summed E-state index contributed by atoms with van der Waals surface area (Å²) in [7, 11) is -3.47. The van der Waals surface area contributed by atoms with Gasteiger partial charge in [-0.15, -0.1) is 11.3 Å². The van der Waals surface area contributed by atoms with Gasteiger partial charge in [-0.2, -0.15) is 0 Å². The van der Waals surface area contributed by atoms with Gasteiger partial charge in [-0.25, -0.2) is 13.6 Å². The molecule has 6 heteroatoms. The number of sulfonamides is 1. The van der Waals surface area contributed by atoms with Gasteiger partial charge in [0, 0.05) is 10.6 Å². The summed E-state index contributed by atoms with van der Waals surface area (Å²) in [5, 5.41) is 10.5. The van der Waals surface area contributed by atoms with E-state index >= 15 is 0 Å². The number of primary sulfonamides is 1. The van der Waals surface area contributed by atoms with Crippen molar-refractivity contribution in [2.75, 3.05) is 5.32 Å². The lowest BCUT2D eigenvalue weighted by Gasteiger charge is -2.15. The third-order valence-corrected chi connectivity index (χ3v) is 4.94. The molecule has 0 fully saturated rings. The van der Waals surface area contributed by atoms with Crippen LogP contribution in [0.5, 0.6) is 0 Å². The zero-order valence-corrected chi connectivity index (χ0v) is 13.1. The fourth-order valence-electron chi connectivity index (χ4n) is 2.07. The molecule has 2 aromatic rings. The minimum absolute atomic E-state index is 0.132. The summed E-state index contributed by atoms with van der Waals surface area (Å²) in [6, 6.07) is 9.63. The highest BCUT2D eigenvalue weighted by Crippen LogP contribution is 2.26. The van der Waals surface area contributed by atoms with E-state index in [-0.39, 0.29) is 11.8 Å². The summed E-state index contributed by atoms with van der Waals surface area (Å²) in [6.45, 7) is 4.20. The van der Waals surface area contributed by atoms with Crippen molar-refractivity contribution >= 4 is 27.0 Å². The average molecular weight is 310 g/mol. The van der Waals surface area contributed by atoms with Gasteiger partial charge in [-0.05, 0) is 48.6 Å². The van der Waals surface area contributed by atoms with Crippen molar-refractivity contribution in [3.8, 4) is 0 Å². The molecule has 0 aliphatic heterocycles. The topological polar surface area (TPSA) is 72.2 Å². The fourth-order valence-corrected chi connectivity index (χ4v) is 3.67.